The van der Waals surface area contributed by atoms with Crippen LogP contribution in [0.1, 0.15) is 34.1 Å². The molecule has 86 valence electrons. The lowest BCUT2D eigenvalue weighted by Crippen LogP contribution is -2.49. The van der Waals surface area contributed by atoms with Gasteiger partial charge in [0, 0.05) is 12.6 Å². The van der Waals surface area contributed by atoms with Gasteiger partial charge < -0.3 is 10.6 Å². The lowest BCUT2D eigenvalue weighted by Gasteiger charge is -2.29. The minimum Gasteiger partial charge on any atom is -0.338 e. The zero-order valence-electron chi connectivity index (χ0n) is 10.0. The summed E-state index contributed by atoms with van der Waals surface area (Å²) in [5, 5.41) is 8.51. The summed E-state index contributed by atoms with van der Waals surface area (Å²) < 4.78 is 0. The van der Waals surface area contributed by atoms with E-state index < -0.39 is 6.04 Å². The van der Waals surface area contributed by atoms with Gasteiger partial charge in [0.15, 0.2) is 0 Å². The highest BCUT2D eigenvalue weighted by molar-refractivity contribution is 5.82. The van der Waals surface area contributed by atoms with Gasteiger partial charge in [-0.05, 0) is 19.8 Å². The molecule has 4 heteroatoms. The van der Waals surface area contributed by atoms with Crippen LogP contribution in [-0.2, 0) is 4.79 Å². The van der Waals surface area contributed by atoms with E-state index in [1.165, 1.54) is 0 Å². The first-order valence-corrected chi connectivity index (χ1v) is 5.34. The van der Waals surface area contributed by atoms with E-state index in [1.54, 1.807) is 4.90 Å². The van der Waals surface area contributed by atoms with Gasteiger partial charge in [0.25, 0.3) is 0 Å². The maximum atomic E-state index is 11.9. The van der Waals surface area contributed by atoms with Crippen molar-refractivity contribution in [3.8, 4) is 6.07 Å². The highest BCUT2D eigenvalue weighted by atomic mass is 16.2. The van der Waals surface area contributed by atoms with Crippen molar-refractivity contribution >= 4 is 5.91 Å². The Morgan fingerprint density at radius 2 is 1.93 bits per heavy atom. The third-order valence-electron chi connectivity index (χ3n) is 2.37. The Hall–Kier alpha value is -1.08. The van der Waals surface area contributed by atoms with Crippen molar-refractivity contribution in [2.24, 2.45) is 11.7 Å². The van der Waals surface area contributed by atoms with Crippen LogP contribution in [0, 0.1) is 17.2 Å². The maximum Gasteiger partial charge on any atom is 0.240 e. The molecule has 0 unspecified atom stereocenters. The number of carbonyl (C=O) groups excluding carboxylic acids is 1. The molecule has 2 N–H and O–H groups in total. The standard InChI is InChI=1S/C11H21N3O/c1-8(2)10(13)11(15)14(9(3)4)7-5-6-12/h8-10H,5,7,13H2,1-4H3/t10-/m0/s1. The molecule has 4 nitrogen and oxygen atoms in total. The maximum absolute atomic E-state index is 11.9. The molecule has 1 atom stereocenters. The van der Waals surface area contributed by atoms with Crippen LogP contribution in [0.5, 0.6) is 0 Å². The predicted octanol–water partition coefficient (Wildman–Crippen LogP) is 1.12. The number of carbonyl (C=O) groups is 1. The fraction of sp³-hybridized carbons (Fsp3) is 0.818. The van der Waals surface area contributed by atoms with Crippen molar-refractivity contribution in [2.75, 3.05) is 6.54 Å². The Morgan fingerprint density at radius 1 is 1.40 bits per heavy atom. The van der Waals surface area contributed by atoms with Crippen LogP contribution in [0.4, 0.5) is 0 Å². The first kappa shape index (κ1) is 13.9. The van der Waals surface area contributed by atoms with Crippen LogP contribution in [0.3, 0.4) is 0 Å². The molecule has 0 aromatic rings. The summed E-state index contributed by atoms with van der Waals surface area (Å²) in [6.45, 7) is 8.18. The van der Waals surface area contributed by atoms with Crippen molar-refractivity contribution in [3.63, 3.8) is 0 Å². The third kappa shape index (κ3) is 4.30. The van der Waals surface area contributed by atoms with Gasteiger partial charge in [0.1, 0.15) is 0 Å². The first-order chi connectivity index (χ1) is 6.91. The molecule has 0 heterocycles. The van der Waals surface area contributed by atoms with Gasteiger partial charge in [-0.1, -0.05) is 13.8 Å². The van der Waals surface area contributed by atoms with Crippen LogP contribution >= 0.6 is 0 Å². The molecular weight excluding hydrogens is 190 g/mol. The number of rotatable bonds is 5. The first-order valence-electron chi connectivity index (χ1n) is 5.34. The van der Waals surface area contributed by atoms with Gasteiger partial charge in [0.2, 0.25) is 5.91 Å². The number of hydrogen-bond acceptors (Lipinski definition) is 3. The molecule has 0 spiro atoms. The molecule has 0 aliphatic heterocycles. The molecule has 15 heavy (non-hydrogen) atoms. The molecule has 0 aromatic heterocycles. The van der Waals surface area contributed by atoms with Crippen molar-refractivity contribution in [1.82, 2.24) is 4.90 Å². The van der Waals surface area contributed by atoms with Gasteiger partial charge in [-0.15, -0.1) is 0 Å². The Kier molecular flexibility index (Phi) is 5.95. The quantitative estimate of drug-likeness (QED) is 0.740. The molecule has 0 aliphatic rings. The van der Waals surface area contributed by atoms with Gasteiger partial charge in [-0.2, -0.15) is 5.26 Å². The average Bonchev–Trinajstić information content (AvgIpc) is 2.16. The highest BCUT2D eigenvalue weighted by Crippen LogP contribution is 2.07. The lowest BCUT2D eigenvalue weighted by atomic mass is 10.0. The van der Waals surface area contributed by atoms with E-state index >= 15 is 0 Å². The summed E-state index contributed by atoms with van der Waals surface area (Å²) in [4.78, 5) is 13.6. The average molecular weight is 211 g/mol. The van der Waals surface area contributed by atoms with E-state index in [4.69, 9.17) is 11.0 Å². The molecule has 0 fully saturated rings. The lowest BCUT2D eigenvalue weighted by molar-refractivity contribution is -0.135. The van der Waals surface area contributed by atoms with Gasteiger partial charge in [-0.25, -0.2) is 0 Å². The van der Waals surface area contributed by atoms with Crippen molar-refractivity contribution < 1.29 is 4.79 Å². The molecular formula is C11H21N3O. The normalized spacial score (nSPS) is 12.7. The van der Waals surface area contributed by atoms with Gasteiger partial charge in [0.05, 0.1) is 18.5 Å². The SMILES string of the molecule is CC(C)[C@H](N)C(=O)N(CCC#N)C(C)C. The fourth-order valence-electron chi connectivity index (χ4n) is 1.27. The van der Waals surface area contributed by atoms with Crippen molar-refractivity contribution in [2.45, 2.75) is 46.2 Å². The largest absolute Gasteiger partial charge is 0.338 e. The molecule has 0 bridgehead atoms. The second kappa shape index (κ2) is 6.41. The van der Waals surface area contributed by atoms with E-state index in [2.05, 4.69) is 0 Å². The Labute approximate surface area is 92.0 Å². The number of hydrogen-bond donors (Lipinski definition) is 1. The summed E-state index contributed by atoms with van der Waals surface area (Å²) >= 11 is 0. The Bertz CT molecular complexity index is 243. The second-order valence-corrected chi connectivity index (χ2v) is 4.30. The summed E-state index contributed by atoms with van der Waals surface area (Å²) in [5.41, 5.74) is 5.80. The molecule has 0 radical (unpaired) electrons. The molecule has 0 saturated carbocycles. The zero-order chi connectivity index (χ0) is 12.0. The topological polar surface area (TPSA) is 70.1 Å². The highest BCUT2D eigenvalue weighted by Gasteiger charge is 2.24. The summed E-state index contributed by atoms with van der Waals surface area (Å²) in [5.74, 6) is 0.0658. The zero-order valence-corrected chi connectivity index (χ0v) is 10.0. The monoisotopic (exact) mass is 211 g/mol. The Morgan fingerprint density at radius 3 is 2.27 bits per heavy atom. The number of nitriles is 1. The summed E-state index contributed by atoms with van der Waals surface area (Å²) in [7, 11) is 0. The van der Waals surface area contributed by atoms with Gasteiger partial charge in [-0.3, -0.25) is 4.79 Å². The smallest absolute Gasteiger partial charge is 0.240 e. The number of nitrogens with zero attached hydrogens (tertiary/aromatic N) is 2. The molecule has 0 aromatic carbocycles. The van der Waals surface area contributed by atoms with E-state index in [0.29, 0.717) is 13.0 Å². The summed E-state index contributed by atoms with van der Waals surface area (Å²) in [6.07, 6.45) is 0.356. The minimum absolute atomic E-state index is 0.0600. The molecule has 1 amide bonds. The van der Waals surface area contributed by atoms with Crippen molar-refractivity contribution in [3.05, 3.63) is 0 Å². The third-order valence-corrected chi connectivity index (χ3v) is 2.37. The number of nitrogens with two attached hydrogens (primary N) is 1. The van der Waals surface area contributed by atoms with Crippen LogP contribution in [0.15, 0.2) is 0 Å². The van der Waals surface area contributed by atoms with Gasteiger partial charge >= 0.3 is 0 Å². The van der Waals surface area contributed by atoms with E-state index in [-0.39, 0.29) is 17.9 Å². The molecule has 0 aliphatic carbocycles. The number of amides is 1. The van der Waals surface area contributed by atoms with Crippen LogP contribution in [0.2, 0.25) is 0 Å². The van der Waals surface area contributed by atoms with Crippen LogP contribution < -0.4 is 5.73 Å². The van der Waals surface area contributed by atoms with E-state index in [0.717, 1.165) is 0 Å². The fourth-order valence-corrected chi connectivity index (χ4v) is 1.27. The predicted molar refractivity (Wildman–Crippen MR) is 59.9 cm³/mol. The van der Waals surface area contributed by atoms with E-state index in [1.807, 2.05) is 33.8 Å². The second-order valence-electron chi connectivity index (χ2n) is 4.30. The van der Waals surface area contributed by atoms with E-state index in [9.17, 15) is 4.79 Å². The van der Waals surface area contributed by atoms with Crippen LogP contribution in [-0.4, -0.2) is 29.4 Å². The molecule has 0 saturated heterocycles. The van der Waals surface area contributed by atoms with Crippen LogP contribution in [0.25, 0.3) is 0 Å². The Balaban J connectivity index is 4.49. The molecule has 0 rings (SSSR count). The van der Waals surface area contributed by atoms with Crippen molar-refractivity contribution in [1.29, 1.82) is 5.26 Å². The minimum atomic E-state index is -0.467. The summed E-state index contributed by atoms with van der Waals surface area (Å²) in [6, 6.07) is 1.67.